The summed E-state index contributed by atoms with van der Waals surface area (Å²) in [6.07, 6.45) is 1.47. The molecule has 0 aromatic heterocycles. The molecule has 0 radical (unpaired) electrons. The fourth-order valence-corrected chi connectivity index (χ4v) is 1.17. The minimum Gasteiger partial charge on any atom is -0.491 e. The molecule has 0 aliphatic rings. The normalized spacial score (nSPS) is 9.56. The molecule has 86 valence electrons. The molecule has 3 N–H and O–H groups in total. The topological polar surface area (TPSA) is 92.8 Å². The lowest BCUT2D eigenvalue weighted by atomic mass is 10.3. The molecule has 6 heteroatoms. The fraction of sp³-hybridized carbons (Fsp3) is 0.300. The van der Waals surface area contributed by atoms with Gasteiger partial charge in [0.25, 0.3) is 0 Å². The number of rotatable bonds is 7. The number of ether oxygens (including phenoxy) is 1. The van der Waals surface area contributed by atoms with Gasteiger partial charge in [0.15, 0.2) is 0 Å². The molecule has 6 nitrogen and oxygen atoms in total. The Morgan fingerprint density at radius 2 is 2.19 bits per heavy atom. The molecule has 0 aliphatic heterocycles. The average Bonchev–Trinajstić information content (AvgIpc) is 2.33. The highest BCUT2D eigenvalue weighted by atomic mass is 16.5. The SMILES string of the molecule is N=CN(N=N)c1ccccc1OCCCO. The number of anilines is 1. The van der Waals surface area contributed by atoms with E-state index < -0.39 is 0 Å². The van der Waals surface area contributed by atoms with Crippen LogP contribution in [0.3, 0.4) is 0 Å². The maximum absolute atomic E-state index is 8.64. The van der Waals surface area contributed by atoms with Gasteiger partial charge >= 0.3 is 0 Å². The van der Waals surface area contributed by atoms with Crippen LogP contribution in [0.15, 0.2) is 29.5 Å². The van der Waals surface area contributed by atoms with Crippen molar-refractivity contribution in [1.29, 1.82) is 10.9 Å². The molecular weight excluding hydrogens is 208 g/mol. The van der Waals surface area contributed by atoms with Crippen LogP contribution < -0.4 is 9.75 Å². The number of benzene rings is 1. The Kier molecular flexibility index (Phi) is 4.94. The predicted molar refractivity (Wildman–Crippen MR) is 60.1 cm³/mol. The predicted octanol–water partition coefficient (Wildman–Crippen LogP) is 1.81. The lowest BCUT2D eigenvalue weighted by molar-refractivity contribution is 0.234. The van der Waals surface area contributed by atoms with Crippen molar-refractivity contribution in [2.24, 2.45) is 5.22 Å². The van der Waals surface area contributed by atoms with Gasteiger partial charge < -0.3 is 9.84 Å². The molecule has 1 aromatic carbocycles. The van der Waals surface area contributed by atoms with Crippen LogP contribution in [0.1, 0.15) is 6.42 Å². The van der Waals surface area contributed by atoms with Gasteiger partial charge in [-0.25, -0.2) is 5.01 Å². The summed E-state index contributed by atoms with van der Waals surface area (Å²) in [5.74, 6) is 0.537. The van der Waals surface area contributed by atoms with E-state index in [1.807, 2.05) is 0 Å². The van der Waals surface area contributed by atoms with Crippen molar-refractivity contribution in [3.8, 4) is 5.75 Å². The van der Waals surface area contributed by atoms with Crippen LogP contribution in [0.2, 0.25) is 0 Å². The van der Waals surface area contributed by atoms with Gasteiger partial charge in [0, 0.05) is 13.0 Å². The van der Waals surface area contributed by atoms with Gasteiger partial charge in [-0.2, -0.15) is 5.53 Å². The van der Waals surface area contributed by atoms with Crippen molar-refractivity contribution in [2.75, 3.05) is 18.2 Å². The standard InChI is InChI=1S/C10H14N4O2/c11-8-14(13-12)9-4-1-2-5-10(9)16-7-3-6-15/h1-2,4-5,8,11-12,15H,3,6-7H2. The summed E-state index contributed by atoms with van der Waals surface area (Å²) in [6.45, 7) is 0.455. The summed E-state index contributed by atoms with van der Waals surface area (Å²) in [5.41, 5.74) is 7.44. The van der Waals surface area contributed by atoms with E-state index in [9.17, 15) is 0 Å². The Bertz CT molecular complexity index is 348. The zero-order chi connectivity index (χ0) is 11.8. The van der Waals surface area contributed by atoms with Crippen LogP contribution in [-0.4, -0.2) is 24.7 Å². The van der Waals surface area contributed by atoms with Crippen molar-refractivity contribution in [1.82, 2.24) is 0 Å². The fourth-order valence-electron chi connectivity index (χ4n) is 1.17. The smallest absolute Gasteiger partial charge is 0.145 e. The first-order valence-corrected chi connectivity index (χ1v) is 4.83. The Labute approximate surface area is 93.5 Å². The lowest BCUT2D eigenvalue weighted by Crippen LogP contribution is -2.13. The monoisotopic (exact) mass is 222 g/mol. The van der Waals surface area contributed by atoms with Crippen LogP contribution in [0.4, 0.5) is 5.69 Å². The largest absolute Gasteiger partial charge is 0.491 e. The second-order valence-corrected chi connectivity index (χ2v) is 2.97. The van der Waals surface area contributed by atoms with Crippen molar-refractivity contribution < 1.29 is 9.84 Å². The number of hydrogen-bond donors (Lipinski definition) is 3. The maximum Gasteiger partial charge on any atom is 0.145 e. The molecule has 0 atom stereocenters. The van der Waals surface area contributed by atoms with Gasteiger partial charge in [-0.1, -0.05) is 17.4 Å². The van der Waals surface area contributed by atoms with Gasteiger partial charge in [0.05, 0.1) is 6.61 Å². The molecule has 0 saturated heterocycles. The van der Waals surface area contributed by atoms with E-state index in [0.29, 0.717) is 24.5 Å². The second-order valence-electron chi connectivity index (χ2n) is 2.97. The molecular formula is C10H14N4O2. The first-order valence-electron chi connectivity index (χ1n) is 4.83. The zero-order valence-electron chi connectivity index (χ0n) is 8.76. The number of aliphatic hydroxyl groups is 1. The van der Waals surface area contributed by atoms with Crippen LogP contribution >= 0.6 is 0 Å². The third-order valence-electron chi connectivity index (χ3n) is 1.90. The number of aliphatic hydroxyl groups excluding tert-OH is 1. The molecule has 0 unspecified atom stereocenters. The number of nitrogens with zero attached hydrogens (tertiary/aromatic N) is 2. The molecule has 0 saturated carbocycles. The summed E-state index contributed by atoms with van der Waals surface area (Å²) in [5, 5.41) is 20.0. The van der Waals surface area contributed by atoms with Crippen LogP contribution in [0, 0.1) is 10.9 Å². The van der Waals surface area contributed by atoms with E-state index >= 15 is 0 Å². The third kappa shape index (κ3) is 3.03. The van der Waals surface area contributed by atoms with Crippen LogP contribution in [0.5, 0.6) is 5.75 Å². The highest BCUT2D eigenvalue weighted by Crippen LogP contribution is 2.27. The molecule has 16 heavy (non-hydrogen) atoms. The Morgan fingerprint density at radius 1 is 1.44 bits per heavy atom. The number of nitrogens with one attached hydrogen (secondary N) is 2. The summed E-state index contributed by atoms with van der Waals surface area (Å²) in [4.78, 5) is 0. The molecule has 0 bridgehead atoms. The van der Waals surface area contributed by atoms with Crippen LogP contribution in [0.25, 0.3) is 0 Å². The molecule has 0 fully saturated rings. The van der Waals surface area contributed by atoms with Gasteiger partial charge in [-0.15, -0.1) is 0 Å². The zero-order valence-corrected chi connectivity index (χ0v) is 8.76. The third-order valence-corrected chi connectivity index (χ3v) is 1.90. The molecule has 0 aliphatic carbocycles. The van der Waals surface area contributed by atoms with E-state index in [1.165, 1.54) is 0 Å². The van der Waals surface area contributed by atoms with E-state index in [0.717, 1.165) is 11.3 Å². The minimum absolute atomic E-state index is 0.0687. The highest BCUT2D eigenvalue weighted by Gasteiger charge is 2.08. The summed E-state index contributed by atoms with van der Waals surface area (Å²) < 4.78 is 5.41. The van der Waals surface area contributed by atoms with E-state index in [-0.39, 0.29) is 6.61 Å². The van der Waals surface area contributed by atoms with Crippen molar-refractivity contribution in [3.63, 3.8) is 0 Å². The molecule has 1 aromatic rings. The molecule has 0 spiro atoms. The maximum atomic E-state index is 8.64. The first-order chi connectivity index (χ1) is 7.83. The lowest BCUT2D eigenvalue weighted by Gasteiger charge is -2.15. The van der Waals surface area contributed by atoms with Gasteiger partial charge in [-0.3, -0.25) is 5.41 Å². The molecule has 0 amide bonds. The average molecular weight is 222 g/mol. The Balaban J connectivity index is 2.82. The van der Waals surface area contributed by atoms with Gasteiger partial charge in [0.1, 0.15) is 17.8 Å². The van der Waals surface area contributed by atoms with E-state index in [1.54, 1.807) is 24.3 Å². The van der Waals surface area contributed by atoms with Gasteiger partial charge in [-0.05, 0) is 12.1 Å². The van der Waals surface area contributed by atoms with Gasteiger partial charge in [0.2, 0.25) is 0 Å². The summed E-state index contributed by atoms with van der Waals surface area (Å²) in [7, 11) is 0. The van der Waals surface area contributed by atoms with Crippen molar-refractivity contribution in [3.05, 3.63) is 24.3 Å². The van der Waals surface area contributed by atoms with Crippen molar-refractivity contribution in [2.45, 2.75) is 6.42 Å². The number of hydrogen-bond acceptors (Lipinski definition) is 5. The quantitative estimate of drug-likeness (QED) is 0.216. The van der Waals surface area contributed by atoms with Crippen molar-refractivity contribution >= 4 is 12.0 Å². The van der Waals surface area contributed by atoms with E-state index in [4.69, 9.17) is 20.8 Å². The first kappa shape index (κ1) is 12.1. The molecule has 0 heterocycles. The molecule has 1 rings (SSSR count). The Morgan fingerprint density at radius 3 is 2.81 bits per heavy atom. The number of para-hydroxylation sites is 2. The summed E-state index contributed by atoms with van der Waals surface area (Å²) in [6, 6.07) is 7.01. The highest BCUT2D eigenvalue weighted by molar-refractivity contribution is 5.79. The Hall–Kier alpha value is -1.95. The second kappa shape index (κ2) is 6.52. The van der Waals surface area contributed by atoms with E-state index in [2.05, 4.69) is 5.22 Å². The van der Waals surface area contributed by atoms with Crippen LogP contribution in [-0.2, 0) is 0 Å². The summed E-state index contributed by atoms with van der Waals surface area (Å²) >= 11 is 0. The minimum atomic E-state index is 0.0687.